The average Bonchev–Trinajstić information content (AvgIpc) is 2.99. The van der Waals surface area contributed by atoms with E-state index in [1.54, 1.807) is 45.0 Å². The van der Waals surface area contributed by atoms with Crippen molar-refractivity contribution in [3.05, 3.63) is 64.7 Å². The van der Waals surface area contributed by atoms with Gasteiger partial charge >= 0.3 is 5.97 Å². The molecule has 0 saturated heterocycles. The molecular formula is C22H19FO5. The maximum absolute atomic E-state index is 13.3. The zero-order chi connectivity index (χ0) is 20.1. The summed E-state index contributed by atoms with van der Waals surface area (Å²) in [5.41, 5.74) is 1.18. The van der Waals surface area contributed by atoms with Crippen LogP contribution in [0.25, 0.3) is 11.0 Å². The number of esters is 1. The molecule has 1 aliphatic rings. The fourth-order valence-corrected chi connectivity index (χ4v) is 3.71. The van der Waals surface area contributed by atoms with Crippen LogP contribution in [0, 0.1) is 12.7 Å². The minimum Gasteiger partial charge on any atom is -0.482 e. The predicted molar refractivity (Wildman–Crippen MR) is 100 cm³/mol. The van der Waals surface area contributed by atoms with Crippen molar-refractivity contribution >= 4 is 22.7 Å². The first-order valence-corrected chi connectivity index (χ1v) is 9.05. The van der Waals surface area contributed by atoms with Crippen LogP contribution in [0.15, 0.2) is 40.8 Å². The van der Waals surface area contributed by atoms with Crippen LogP contribution in [-0.2, 0) is 10.3 Å². The van der Waals surface area contributed by atoms with Gasteiger partial charge in [0.1, 0.15) is 22.8 Å². The summed E-state index contributed by atoms with van der Waals surface area (Å²) in [6, 6.07) is 9.27. The van der Waals surface area contributed by atoms with E-state index in [4.69, 9.17) is 13.9 Å². The Hall–Kier alpha value is -3.15. The van der Waals surface area contributed by atoms with Crippen molar-refractivity contribution in [1.82, 2.24) is 0 Å². The van der Waals surface area contributed by atoms with Crippen molar-refractivity contribution < 1.29 is 27.9 Å². The highest BCUT2D eigenvalue weighted by atomic mass is 19.1. The SMILES string of the molecule is CCOC(=O)c1oc2ccc3c(c2c1C)C(=O)C[C@](C)(c1ccc(F)cc1)O3. The molecule has 1 aromatic heterocycles. The molecule has 0 radical (unpaired) electrons. The zero-order valence-electron chi connectivity index (χ0n) is 15.8. The van der Waals surface area contributed by atoms with Crippen LogP contribution >= 0.6 is 0 Å². The Bertz CT molecular complexity index is 1100. The molecule has 0 fully saturated rings. The number of fused-ring (bicyclic) bond motifs is 3. The van der Waals surface area contributed by atoms with Crippen LogP contribution in [-0.4, -0.2) is 18.4 Å². The molecule has 0 N–H and O–H groups in total. The van der Waals surface area contributed by atoms with E-state index in [-0.39, 0.29) is 30.4 Å². The summed E-state index contributed by atoms with van der Waals surface area (Å²) in [6.45, 7) is 5.47. The first-order valence-electron chi connectivity index (χ1n) is 9.05. The van der Waals surface area contributed by atoms with Crippen molar-refractivity contribution in [1.29, 1.82) is 0 Å². The van der Waals surface area contributed by atoms with Gasteiger partial charge in [0.2, 0.25) is 5.76 Å². The Balaban J connectivity index is 1.83. The zero-order valence-corrected chi connectivity index (χ0v) is 15.8. The molecule has 6 heteroatoms. The molecule has 2 aromatic carbocycles. The second-order valence-corrected chi connectivity index (χ2v) is 7.03. The molecule has 144 valence electrons. The van der Waals surface area contributed by atoms with Crippen molar-refractivity contribution in [2.45, 2.75) is 32.8 Å². The minimum atomic E-state index is -0.910. The van der Waals surface area contributed by atoms with Gasteiger partial charge < -0.3 is 13.9 Å². The molecule has 0 bridgehead atoms. The van der Waals surface area contributed by atoms with Gasteiger partial charge in [0.15, 0.2) is 5.78 Å². The summed E-state index contributed by atoms with van der Waals surface area (Å²) >= 11 is 0. The standard InChI is InChI=1S/C22H19FO5/c1-4-26-21(25)20-12(2)18-16(27-20)9-10-17-19(18)15(24)11-22(3,28-17)13-5-7-14(23)8-6-13/h5-10H,4,11H2,1-3H3/t22-/m1/s1. The Labute approximate surface area is 161 Å². The van der Waals surface area contributed by atoms with E-state index in [1.165, 1.54) is 12.1 Å². The Morgan fingerprint density at radius 3 is 2.61 bits per heavy atom. The molecule has 28 heavy (non-hydrogen) atoms. The van der Waals surface area contributed by atoms with Gasteiger partial charge in [-0.1, -0.05) is 12.1 Å². The van der Waals surface area contributed by atoms with Crippen molar-refractivity contribution in [2.24, 2.45) is 0 Å². The van der Waals surface area contributed by atoms with E-state index in [9.17, 15) is 14.0 Å². The largest absolute Gasteiger partial charge is 0.482 e. The van der Waals surface area contributed by atoms with Crippen LogP contribution in [0.3, 0.4) is 0 Å². The third-order valence-corrected chi connectivity index (χ3v) is 5.08. The second-order valence-electron chi connectivity index (χ2n) is 7.03. The maximum Gasteiger partial charge on any atom is 0.374 e. The lowest BCUT2D eigenvalue weighted by Crippen LogP contribution is -2.36. The van der Waals surface area contributed by atoms with Gasteiger partial charge in [-0.05, 0) is 50.6 Å². The molecular weight excluding hydrogens is 363 g/mol. The van der Waals surface area contributed by atoms with Gasteiger partial charge in [0, 0.05) is 10.9 Å². The maximum atomic E-state index is 13.3. The van der Waals surface area contributed by atoms with Crippen LogP contribution < -0.4 is 4.74 Å². The van der Waals surface area contributed by atoms with E-state index >= 15 is 0 Å². The summed E-state index contributed by atoms with van der Waals surface area (Å²) in [6.07, 6.45) is 0.0874. The van der Waals surface area contributed by atoms with Crippen molar-refractivity contribution in [3.8, 4) is 5.75 Å². The highest BCUT2D eigenvalue weighted by Crippen LogP contribution is 2.44. The van der Waals surface area contributed by atoms with Gasteiger partial charge in [0.25, 0.3) is 0 Å². The lowest BCUT2D eigenvalue weighted by Gasteiger charge is -2.35. The topological polar surface area (TPSA) is 65.7 Å². The van der Waals surface area contributed by atoms with E-state index in [0.717, 1.165) is 0 Å². The highest BCUT2D eigenvalue weighted by Gasteiger charge is 2.40. The number of benzene rings is 2. The lowest BCUT2D eigenvalue weighted by molar-refractivity contribution is 0.0487. The summed E-state index contributed by atoms with van der Waals surface area (Å²) < 4.78 is 30.2. The smallest absolute Gasteiger partial charge is 0.374 e. The number of aryl methyl sites for hydroxylation is 1. The molecule has 0 spiro atoms. The Morgan fingerprint density at radius 2 is 1.93 bits per heavy atom. The molecule has 0 unspecified atom stereocenters. The van der Waals surface area contributed by atoms with Crippen molar-refractivity contribution in [3.63, 3.8) is 0 Å². The third-order valence-electron chi connectivity index (χ3n) is 5.08. The number of carbonyl (C=O) groups is 2. The van der Waals surface area contributed by atoms with Crippen LogP contribution in [0.4, 0.5) is 4.39 Å². The van der Waals surface area contributed by atoms with Gasteiger partial charge in [-0.2, -0.15) is 0 Å². The number of rotatable bonds is 3. The van der Waals surface area contributed by atoms with E-state index in [1.807, 2.05) is 0 Å². The molecule has 3 aromatic rings. The minimum absolute atomic E-state index is 0.0874. The molecule has 2 heterocycles. The monoisotopic (exact) mass is 382 g/mol. The lowest BCUT2D eigenvalue weighted by atomic mass is 9.84. The summed E-state index contributed by atoms with van der Waals surface area (Å²) in [5.74, 6) is -0.542. The molecule has 0 aliphatic carbocycles. The summed E-state index contributed by atoms with van der Waals surface area (Å²) in [7, 11) is 0. The number of ether oxygens (including phenoxy) is 2. The normalized spacial score (nSPS) is 18.6. The van der Waals surface area contributed by atoms with Gasteiger partial charge in [0.05, 0.1) is 18.6 Å². The summed E-state index contributed by atoms with van der Waals surface area (Å²) in [4.78, 5) is 25.2. The number of furan rings is 1. The Kier molecular flexibility index (Phi) is 4.22. The second kappa shape index (κ2) is 6.48. The number of halogens is 1. The fraction of sp³-hybridized carbons (Fsp3) is 0.273. The number of hydrogen-bond acceptors (Lipinski definition) is 5. The number of hydrogen-bond donors (Lipinski definition) is 0. The molecule has 1 aliphatic heterocycles. The van der Waals surface area contributed by atoms with Gasteiger partial charge in [-0.25, -0.2) is 9.18 Å². The van der Waals surface area contributed by atoms with Gasteiger partial charge in [-0.15, -0.1) is 0 Å². The first kappa shape index (κ1) is 18.2. The number of ketones is 1. The molecule has 4 rings (SSSR count). The van der Waals surface area contributed by atoms with E-state index < -0.39 is 11.6 Å². The van der Waals surface area contributed by atoms with Crippen molar-refractivity contribution in [2.75, 3.05) is 6.61 Å². The first-order chi connectivity index (χ1) is 13.3. The molecule has 0 amide bonds. The van der Waals surface area contributed by atoms with E-state index in [0.29, 0.717) is 33.4 Å². The van der Waals surface area contributed by atoms with Crippen LogP contribution in [0.5, 0.6) is 5.75 Å². The number of Topliss-reactive ketones (excluding diaryl/α,β-unsaturated/α-hetero) is 1. The molecule has 1 atom stereocenters. The molecule has 0 saturated carbocycles. The Morgan fingerprint density at radius 1 is 1.21 bits per heavy atom. The number of carbonyl (C=O) groups excluding carboxylic acids is 2. The highest BCUT2D eigenvalue weighted by molar-refractivity contribution is 6.13. The summed E-state index contributed by atoms with van der Waals surface area (Å²) in [5, 5.41) is 0.562. The van der Waals surface area contributed by atoms with Crippen LogP contribution in [0.1, 0.15) is 52.3 Å². The van der Waals surface area contributed by atoms with Crippen LogP contribution in [0.2, 0.25) is 0 Å². The fourth-order valence-electron chi connectivity index (χ4n) is 3.71. The average molecular weight is 382 g/mol. The molecule has 5 nitrogen and oxygen atoms in total. The van der Waals surface area contributed by atoms with E-state index in [2.05, 4.69) is 0 Å². The predicted octanol–water partition coefficient (Wildman–Crippen LogP) is 4.94. The van der Waals surface area contributed by atoms with Gasteiger partial charge in [-0.3, -0.25) is 4.79 Å². The third kappa shape index (κ3) is 2.76. The quantitative estimate of drug-likeness (QED) is 0.601.